The highest BCUT2D eigenvalue weighted by molar-refractivity contribution is 7.16. The lowest BCUT2D eigenvalue weighted by molar-refractivity contribution is 0.0997. The molecule has 1 aromatic heterocycles. The minimum atomic E-state index is -0.355. The number of thiazole rings is 1. The molecule has 148 valence electrons. The van der Waals surface area contributed by atoms with E-state index in [2.05, 4.69) is 4.99 Å². The van der Waals surface area contributed by atoms with Crippen LogP contribution in [-0.2, 0) is 7.05 Å². The first-order valence-corrected chi connectivity index (χ1v) is 10.1. The average Bonchev–Trinajstić information content (AvgIpc) is 3.00. The van der Waals surface area contributed by atoms with Gasteiger partial charge in [0.05, 0.1) is 30.0 Å². The van der Waals surface area contributed by atoms with E-state index < -0.39 is 0 Å². The molecular formula is C21H24N2O4S. The van der Waals surface area contributed by atoms with Gasteiger partial charge in [0, 0.05) is 12.6 Å². The third-order valence-electron chi connectivity index (χ3n) is 4.07. The summed E-state index contributed by atoms with van der Waals surface area (Å²) in [6.07, 6.45) is 0. The number of aryl methyl sites for hydroxylation is 1. The topological polar surface area (TPSA) is 62.0 Å². The van der Waals surface area contributed by atoms with Gasteiger partial charge in [0.15, 0.2) is 16.3 Å². The highest BCUT2D eigenvalue weighted by Crippen LogP contribution is 2.39. The molecule has 0 N–H and O–H groups in total. The van der Waals surface area contributed by atoms with Gasteiger partial charge in [-0.15, -0.1) is 0 Å². The van der Waals surface area contributed by atoms with Gasteiger partial charge < -0.3 is 18.8 Å². The molecule has 3 aromatic rings. The Bertz CT molecular complexity index is 1020. The number of hydrogen-bond acceptors (Lipinski definition) is 5. The maximum atomic E-state index is 12.9. The van der Waals surface area contributed by atoms with Crippen LogP contribution in [0.2, 0.25) is 0 Å². The molecule has 0 radical (unpaired) electrons. The van der Waals surface area contributed by atoms with Gasteiger partial charge in [-0.25, -0.2) is 0 Å². The third-order valence-corrected chi connectivity index (χ3v) is 5.18. The normalized spacial score (nSPS) is 11.6. The molecule has 3 rings (SSSR count). The van der Waals surface area contributed by atoms with Crippen molar-refractivity contribution in [3.8, 4) is 17.2 Å². The third kappa shape index (κ3) is 4.04. The zero-order valence-electron chi connectivity index (χ0n) is 16.5. The zero-order chi connectivity index (χ0) is 20.1. The fourth-order valence-corrected chi connectivity index (χ4v) is 3.87. The van der Waals surface area contributed by atoms with Gasteiger partial charge in [-0.1, -0.05) is 23.5 Å². The lowest BCUT2D eigenvalue weighted by atomic mass is 10.1. The molecule has 0 aliphatic heterocycles. The molecule has 28 heavy (non-hydrogen) atoms. The fraction of sp³-hybridized carbons (Fsp3) is 0.333. The summed E-state index contributed by atoms with van der Waals surface area (Å²) in [5.41, 5.74) is 1.43. The summed E-state index contributed by atoms with van der Waals surface area (Å²) >= 11 is 1.48. The van der Waals surface area contributed by atoms with Crippen molar-refractivity contribution in [2.75, 3.05) is 19.8 Å². The second kappa shape index (κ2) is 8.93. The maximum absolute atomic E-state index is 12.9. The Balaban J connectivity index is 2.08. The number of fused-ring (bicyclic) bond motifs is 1. The van der Waals surface area contributed by atoms with Gasteiger partial charge in [-0.05, 0) is 45.0 Å². The van der Waals surface area contributed by atoms with Crippen LogP contribution in [0.3, 0.4) is 0 Å². The molecule has 1 amide bonds. The van der Waals surface area contributed by atoms with Gasteiger partial charge in [0.2, 0.25) is 5.75 Å². The summed E-state index contributed by atoms with van der Waals surface area (Å²) in [5.74, 6) is 1.12. The molecule has 7 heteroatoms. The smallest absolute Gasteiger partial charge is 0.279 e. The van der Waals surface area contributed by atoms with Gasteiger partial charge in [0.25, 0.3) is 5.91 Å². The van der Waals surface area contributed by atoms with Crippen LogP contribution in [0.4, 0.5) is 0 Å². The van der Waals surface area contributed by atoms with Crippen molar-refractivity contribution in [3.05, 3.63) is 46.8 Å². The van der Waals surface area contributed by atoms with Crippen LogP contribution >= 0.6 is 11.3 Å². The predicted octanol–water partition coefficient (Wildman–Crippen LogP) is 4.18. The number of rotatable bonds is 7. The summed E-state index contributed by atoms with van der Waals surface area (Å²) in [6.45, 7) is 7.02. The van der Waals surface area contributed by atoms with Crippen LogP contribution < -0.4 is 19.0 Å². The van der Waals surface area contributed by atoms with Crippen molar-refractivity contribution in [1.29, 1.82) is 0 Å². The van der Waals surface area contributed by atoms with Crippen molar-refractivity contribution in [1.82, 2.24) is 4.57 Å². The fourth-order valence-electron chi connectivity index (χ4n) is 2.85. The monoisotopic (exact) mass is 400 g/mol. The van der Waals surface area contributed by atoms with E-state index in [-0.39, 0.29) is 5.91 Å². The van der Waals surface area contributed by atoms with Crippen molar-refractivity contribution in [2.45, 2.75) is 20.8 Å². The molecule has 0 unspecified atom stereocenters. The van der Waals surface area contributed by atoms with Crippen LogP contribution in [0.15, 0.2) is 41.4 Å². The molecule has 2 aromatic carbocycles. The zero-order valence-corrected chi connectivity index (χ0v) is 17.3. The van der Waals surface area contributed by atoms with E-state index in [0.717, 1.165) is 10.2 Å². The number of benzene rings is 2. The Kier molecular flexibility index (Phi) is 6.36. The summed E-state index contributed by atoms with van der Waals surface area (Å²) in [5, 5.41) is 0. The van der Waals surface area contributed by atoms with Crippen LogP contribution in [-0.4, -0.2) is 30.3 Å². The first-order valence-electron chi connectivity index (χ1n) is 9.29. The predicted molar refractivity (Wildman–Crippen MR) is 111 cm³/mol. The van der Waals surface area contributed by atoms with E-state index in [4.69, 9.17) is 14.2 Å². The van der Waals surface area contributed by atoms with Crippen LogP contribution in [0, 0.1) is 0 Å². The van der Waals surface area contributed by atoms with E-state index in [9.17, 15) is 4.79 Å². The second-order valence-corrected chi connectivity index (χ2v) is 6.94. The van der Waals surface area contributed by atoms with Crippen molar-refractivity contribution in [2.24, 2.45) is 12.0 Å². The second-order valence-electron chi connectivity index (χ2n) is 5.93. The minimum absolute atomic E-state index is 0.355. The molecular weight excluding hydrogens is 376 g/mol. The van der Waals surface area contributed by atoms with Crippen LogP contribution in [0.1, 0.15) is 31.1 Å². The molecule has 6 nitrogen and oxygen atoms in total. The summed E-state index contributed by atoms with van der Waals surface area (Å²) in [4.78, 5) is 17.9. The summed E-state index contributed by atoms with van der Waals surface area (Å²) < 4.78 is 20.1. The first-order chi connectivity index (χ1) is 13.6. The molecule has 0 aliphatic carbocycles. The SMILES string of the molecule is CCOc1cc(C(=O)N=c2sc3ccccc3n2C)cc(OCC)c1OCC. The van der Waals surface area contributed by atoms with E-state index in [0.29, 0.717) is 47.4 Å². The summed E-state index contributed by atoms with van der Waals surface area (Å²) in [7, 11) is 1.90. The van der Waals surface area contributed by atoms with Gasteiger partial charge in [-0.2, -0.15) is 4.99 Å². The molecule has 0 spiro atoms. The van der Waals surface area contributed by atoms with Crippen LogP contribution in [0.25, 0.3) is 10.2 Å². The number of hydrogen-bond donors (Lipinski definition) is 0. The maximum Gasteiger partial charge on any atom is 0.279 e. The Labute approximate surface area is 168 Å². The number of ether oxygens (including phenoxy) is 3. The molecule has 0 fully saturated rings. The van der Waals surface area contributed by atoms with Gasteiger partial charge >= 0.3 is 0 Å². The number of nitrogens with zero attached hydrogens (tertiary/aromatic N) is 2. The largest absolute Gasteiger partial charge is 0.490 e. The first kappa shape index (κ1) is 19.9. The lowest BCUT2D eigenvalue weighted by Crippen LogP contribution is -2.13. The molecule has 1 heterocycles. The molecule has 0 bridgehead atoms. The Morgan fingerprint density at radius 2 is 1.61 bits per heavy atom. The van der Waals surface area contributed by atoms with Crippen molar-refractivity contribution in [3.63, 3.8) is 0 Å². The molecule has 0 aliphatic rings. The number of aromatic nitrogens is 1. The number of carbonyl (C=O) groups is 1. The van der Waals surface area contributed by atoms with Gasteiger partial charge in [-0.3, -0.25) is 4.79 Å². The van der Waals surface area contributed by atoms with Crippen LogP contribution in [0.5, 0.6) is 17.2 Å². The van der Waals surface area contributed by atoms with Gasteiger partial charge in [0.1, 0.15) is 0 Å². The quantitative estimate of drug-likeness (QED) is 0.597. The number of carbonyl (C=O) groups excluding carboxylic acids is 1. The Morgan fingerprint density at radius 3 is 2.18 bits per heavy atom. The highest BCUT2D eigenvalue weighted by Gasteiger charge is 2.18. The van der Waals surface area contributed by atoms with Crippen molar-refractivity contribution < 1.29 is 19.0 Å². The Hall–Kier alpha value is -2.80. The van der Waals surface area contributed by atoms with E-state index in [1.165, 1.54) is 11.3 Å². The minimum Gasteiger partial charge on any atom is -0.490 e. The molecule has 0 atom stereocenters. The standard InChI is InChI=1S/C21H24N2O4S/c1-5-25-16-12-14(13-17(26-6-2)19(16)27-7-3)20(24)22-21-23(4)15-10-8-9-11-18(15)28-21/h8-13H,5-7H2,1-4H3. The van der Waals surface area contributed by atoms with E-state index in [1.54, 1.807) is 12.1 Å². The summed E-state index contributed by atoms with van der Waals surface area (Å²) in [6, 6.07) is 11.3. The average molecular weight is 401 g/mol. The van der Waals surface area contributed by atoms with E-state index in [1.807, 2.05) is 56.7 Å². The highest BCUT2D eigenvalue weighted by atomic mass is 32.1. The molecule has 0 saturated heterocycles. The van der Waals surface area contributed by atoms with Crippen molar-refractivity contribution >= 4 is 27.5 Å². The Morgan fingerprint density at radius 1 is 1.00 bits per heavy atom. The number of para-hydroxylation sites is 1. The van der Waals surface area contributed by atoms with E-state index >= 15 is 0 Å². The lowest BCUT2D eigenvalue weighted by Gasteiger charge is -2.16. The number of amides is 1. The molecule has 0 saturated carbocycles.